The van der Waals surface area contributed by atoms with E-state index < -0.39 is 29.4 Å². The van der Waals surface area contributed by atoms with E-state index in [-0.39, 0.29) is 29.9 Å². The van der Waals surface area contributed by atoms with E-state index in [1.165, 1.54) is 24.3 Å². The van der Waals surface area contributed by atoms with Gasteiger partial charge >= 0.3 is 12.3 Å². The summed E-state index contributed by atoms with van der Waals surface area (Å²) in [6, 6.07) is 10.2. The molecule has 2 aromatic rings. The number of hydrogen-bond donors (Lipinski definition) is 2. The van der Waals surface area contributed by atoms with Crippen LogP contribution in [0.2, 0.25) is 0 Å². The van der Waals surface area contributed by atoms with Gasteiger partial charge in [0.25, 0.3) is 0 Å². The van der Waals surface area contributed by atoms with E-state index in [9.17, 15) is 33.1 Å². The van der Waals surface area contributed by atoms with E-state index in [1.54, 1.807) is 26.8 Å². The van der Waals surface area contributed by atoms with Crippen molar-refractivity contribution in [2.75, 3.05) is 5.32 Å². The summed E-state index contributed by atoms with van der Waals surface area (Å²) >= 11 is 3.41. The first-order valence-corrected chi connectivity index (χ1v) is 11.5. The standard InChI is InChI=1S/C25H23BrF3N3O3/c1-24(2,3)32(23(34)35)22(17-8-7-14(13-30)11-18(17)26)21-19(9-10-20(21)33)31-16-6-4-5-15(12-16)25(27,28)29/h4-8,11-12,22,31H,9-10H2,1-3H3,(H,34,35). The van der Waals surface area contributed by atoms with Crippen LogP contribution in [0.3, 0.4) is 0 Å². The van der Waals surface area contributed by atoms with Gasteiger partial charge in [0.15, 0.2) is 5.78 Å². The summed E-state index contributed by atoms with van der Waals surface area (Å²) in [6.45, 7) is 5.06. The van der Waals surface area contributed by atoms with Crippen LogP contribution in [0.25, 0.3) is 0 Å². The quantitative estimate of drug-likeness (QED) is 0.423. The molecule has 0 radical (unpaired) electrons. The van der Waals surface area contributed by atoms with Gasteiger partial charge in [-0.05, 0) is 63.1 Å². The first kappa shape index (κ1) is 26.3. The highest BCUT2D eigenvalue weighted by Gasteiger charge is 2.42. The molecule has 1 atom stereocenters. The van der Waals surface area contributed by atoms with Crippen LogP contribution in [0.5, 0.6) is 0 Å². The zero-order valence-corrected chi connectivity index (χ0v) is 20.8. The predicted molar refractivity (Wildman–Crippen MR) is 128 cm³/mol. The maximum atomic E-state index is 13.2. The minimum atomic E-state index is -4.54. The second-order valence-electron chi connectivity index (χ2n) is 9.09. The first-order valence-electron chi connectivity index (χ1n) is 10.7. The Labute approximate surface area is 209 Å². The van der Waals surface area contributed by atoms with Crippen molar-refractivity contribution in [3.8, 4) is 6.07 Å². The van der Waals surface area contributed by atoms with Gasteiger partial charge in [0, 0.05) is 33.4 Å². The Morgan fingerprint density at radius 3 is 2.40 bits per heavy atom. The average Bonchev–Trinajstić information content (AvgIpc) is 3.10. The Kier molecular flexibility index (Phi) is 7.31. The molecule has 6 nitrogen and oxygen atoms in total. The van der Waals surface area contributed by atoms with Crippen molar-refractivity contribution in [1.29, 1.82) is 5.26 Å². The van der Waals surface area contributed by atoms with E-state index in [0.29, 0.717) is 21.3 Å². The number of carboxylic acid groups (broad SMARTS) is 1. The molecule has 1 amide bonds. The molecular weight excluding hydrogens is 527 g/mol. The van der Waals surface area contributed by atoms with Crippen LogP contribution < -0.4 is 5.32 Å². The molecule has 1 aliphatic carbocycles. The third-order valence-corrected chi connectivity index (χ3v) is 6.28. The van der Waals surface area contributed by atoms with Crippen molar-refractivity contribution < 1.29 is 27.9 Å². The minimum Gasteiger partial charge on any atom is -0.465 e. The topological polar surface area (TPSA) is 93.4 Å². The average molecular weight is 550 g/mol. The number of halogens is 4. The van der Waals surface area contributed by atoms with Crippen molar-refractivity contribution in [2.45, 2.75) is 51.4 Å². The highest BCUT2D eigenvalue weighted by molar-refractivity contribution is 9.10. The molecule has 0 spiro atoms. The van der Waals surface area contributed by atoms with Gasteiger partial charge in [-0.15, -0.1) is 0 Å². The van der Waals surface area contributed by atoms with Crippen LogP contribution in [0.4, 0.5) is 23.7 Å². The maximum Gasteiger partial charge on any atom is 0.416 e. The second-order valence-corrected chi connectivity index (χ2v) is 9.95. The molecule has 10 heteroatoms. The Balaban J connectivity index is 2.22. The number of carbonyl (C=O) groups is 2. The molecule has 0 saturated carbocycles. The molecule has 35 heavy (non-hydrogen) atoms. The highest BCUT2D eigenvalue weighted by Crippen LogP contribution is 2.43. The second kappa shape index (κ2) is 9.74. The van der Waals surface area contributed by atoms with Crippen LogP contribution in [0, 0.1) is 11.3 Å². The minimum absolute atomic E-state index is 0.0820. The van der Waals surface area contributed by atoms with Crippen molar-refractivity contribution >= 4 is 33.5 Å². The number of alkyl halides is 3. The zero-order chi connectivity index (χ0) is 26.1. The van der Waals surface area contributed by atoms with Gasteiger partial charge in [-0.3, -0.25) is 9.69 Å². The lowest BCUT2D eigenvalue weighted by atomic mass is 9.90. The number of rotatable bonds is 5. The zero-order valence-electron chi connectivity index (χ0n) is 19.2. The molecule has 0 saturated heterocycles. The van der Waals surface area contributed by atoms with Crippen molar-refractivity contribution in [2.24, 2.45) is 0 Å². The van der Waals surface area contributed by atoms with E-state index in [4.69, 9.17) is 0 Å². The van der Waals surface area contributed by atoms with E-state index in [0.717, 1.165) is 17.0 Å². The van der Waals surface area contributed by atoms with Crippen LogP contribution in [0.15, 0.2) is 58.2 Å². The first-order chi connectivity index (χ1) is 16.2. The molecule has 184 valence electrons. The SMILES string of the molecule is CC(C)(C)N(C(=O)O)C(C1=C(Nc2cccc(C(F)(F)F)c2)CCC1=O)c1ccc(C#N)cc1Br. The summed E-state index contributed by atoms with van der Waals surface area (Å²) in [4.78, 5) is 26.7. The number of ketones is 1. The normalized spacial score (nSPS) is 15.1. The fraction of sp³-hybridized carbons (Fsp3) is 0.320. The van der Waals surface area contributed by atoms with E-state index in [2.05, 4.69) is 21.2 Å². The van der Waals surface area contributed by atoms with Gasteiger partial charge in [-0.2, -0.15) is 18.4 Å². The van der Waals surface area contributed by atoms with E-state index in [1.807, 2.05) is 6.07 Å². The smallest absolute Gasteiger partial charge is 0.416 e. The Morgan fingerprint density at radius 2 is 1.86 bits per heavy atom. The largest absolute Gasteiger partial charge is 0.465 e. The summed E-state index contributed by atoms with van der Waals surface area (Å²) in [5.41, 5.74) is -0.363. The van der Waals surface area contributed by atoms with Crippen LogP contribution in [-0.4, -0.2) is 27.4 Å². The monoisotopic (exact) mass is 549 g/mol. The molecule has 0 heterocycles. The third kappa shape index (κ3) is 5.68. The summed E-state index contributed by atoms with van der Waals surface area (Å²) in [5.74, 6) is -0.309. The number of hydrogen-bond acceptors (Lipinski definition) is 4. The number of nitriles is 1. The molecule has 0 bridgehead atoms. The fourth-order valence-corrected chi connectivity index (χ4v) is 4.69. The maximum absolute atomic E-state index is 13.2. The fourth-order valence-electron chi connectivity index (χ4n) is 4.10. The molecule has 2 aromatic carbocycles. The van der Waals surface area contributed by atoms with Gasteiger partial charge in [0.05, 0.1) is 23.2 Å². The molecule has 0 aliphatic heterocycles. The number of carbonyl (C=O) groups excluding carboxylic acids is 1. The van der Waals surface area contributed by atoms with E-state index >= 15 is 0 Å². The molecule has 2 N–H and O–H groups in total. The van der Waals surface area contributed by atoms with Gasteiger partial charge < -0.3 is 10.4 Å². The summed E-state index contributed by atoms with van der Waals surface area (Å²) in [5, 5.41) is 22.3. The predicted octanol–water partition coefficient (Wildman–Crippen LogP) is 6.89. The number of amides is 1. The highest BCUT2D eigenvalue weighted by atomic mass is 79.9. The van der Waals surface area contributed by atoms with Gasteiger partial charge in [0.2, 0.25) is 0 Å². The number of Topliss-reactive ketones (excluding diaryl/α,β-unsaturated/α-hetero) is 1. The van der Waals surface area contributed by atoms with Gasteiger partial charge in [-0.1, -0.05) is 28.1 Å². The van der Waals surface area contributed by atoms with Crippen molar-refractivity contribution in [1.82, 2.24) is 4.90 Å². The lowest BCUT2D eigenvalue weighted by Gasteiger charge is -2.41. The molecule has 3 rings (SSSR count). The third-order valence-electron chi connectivity index (χ3n) is 5.60. The molecular formula is C25H23BrF3N3O3. The summed E-state index contributed by atoms with van der Waals surface area (Å²) < 4.78 is 40.1. The molecule has 0 aromatic heterocycles. The van der Waals surface area contributed by atoms with Crippen LogP contribution in [0.1, 0.15) is 56.3 Å². The summed E-state index contributed by atoms with van der Waals surface area (Å²) in [6.07, 6.45) is -5.52. The molecule has 0 fully saturated rings. The van der Waals surface area contributed by atoms with Gasteiger partial charge in [0.1, 0.15) is 0 Å². The van der Waals surface area contributed by atoms with Crippen LogP contribution in [-0.2, 0) is 11.0 Å². The van der Waals surface area contributed by atoms with Crippen molar-refractivity contribution in [3.05, 3.63) is 74.9 Å². The Bertz CT molecular complexity index is 1240. The molecule has 1 aliphatic rings. The number of anilines is 1. The van der Waals surface area contributed by atoms with Crippen molar-refractivity contribution in [3.63, 3.8) is 0 Å². The number of nitrogens with one attached hydrogen (secondary N) is 1. The summed E-state index contributed by atoms with van der Waals surface area (Å²) in [7, 11) is 0. The number of benzene rings is 2. The number of nitrogens with zero attached hydrogens (tertiary/aromatic N) is 2. The molecule has 1 unspecified atom stereocenters. The Morgan fingerprint density at radius 1 is 1.17 bits per heavy atom. The Hall–Kier alpha value is -3.32. The lowest BCUT2D eigenvalue weighted by Crippen LogP contribution is -2.48. The van der Waals surface area contributed by atoms with Gasteiger partial charge in [-0.25, -0.2) is 4.79 Å². The van der Waals surface area contributed by atoms with Crippen LogP contribution >= 0.6 is 15.9 Å². The lowest BCUT2D eigenvalue weighted by molar-refractivity contribution is -0.137. The number of allylic oxidation sites excluding steroid dienone is 1.